The third-order valence-electron chi connectivity index (χ3n) is 2.01. The van der Waals surface area contributed by atoms with Gasteiger partial charge in [0, 0.05) is 5.02 Å². The van der Waals surface area contributed by atoms with Crippen LogP contribution >= 0.6 is 11.6 Å². The van der Waals surface area contributed by atoms with E-state index in [0.29, 0.717) is 16.1 Å². The van der Waals surface area contributed by atoms with Gasteiger partial charge in [-0.05, 0) is 30.7 Å². The molecule has 0 aliphatic heterocycles. The number of nitrogens with two attached hydrogens (primary N) is 1. The number of benzene rings is 1. The van der Waals surface area contributed by atoms with Gasteiger partial charge in [0.2, 0.25) is 0 Å². The zero-order valence-electron chi connectivity index (χ0n) is 7.74. The topological polar surface area (TPSA) is 70.0 Å². The van der Waals surface area contributed by atoms with Crippen molar-refractivity contribution in [3.8, 4) is 6.07 Å². The average Bonchev–Trinajstić information content (AvgIpc) is 2.16. The molecule has 3 N–H and O–H groups in total. The van der Waals surface area contributed by atoms with Gasteiger partial charge in [0.15, 0.2) is 0 Å². The first-order valence-electron chi connectivity index (χ1n) is 4.19. The van der Waals surface area contributed by atoms with Crippen LogP contribution in [-0.2, 0) is 0 Å². The first-order chi connectivity index (χ1) is 6.56. The second-order valence-corrected chi connectivity index (χ2v) is 3.55. The second kappa shape index (κ2) is 4.43. The van der Waals surface area contributed by atoms with Crippen molar-refractivity contribution < 1.29 is 5.11 Å². The number of hydrogen-bond donors (Lipinski definition) is 2. The highest BCUT2D eigenvalue weighted by Crippen LogP contribution is 2.22. The van der Waals surface area contributed by atoms with Gasteiger partial charge in [-0.1, -0.05) is 11.6 Å². The summed E-state index contributed by atoms with van der Waals surface area (Å²) in [6.45, 7) is 1.58. The Bertz CT molecular complexity index is 371. The van der Waals surface area contributed by atoms with E-state index in [1.165, 1.54) is 0 Å². The maximum Gasteiger partial charge on any atom is 0.0995 e. The van der Waals surface area contributed by atoms with Crippen LogP contribution in [0.5, 0.6) is 0 Å². The standard InChI is InChI=1S/C10H11ClN2O/c1-6(14)10(13)9-4-8(11)3-2-7(9)5-12/h2-4,6,10,14H,13H2,1H3. The molecule has 4 heteroatoms. The van der Waals surface area contributed by atoms with Gasteiger partial charge in [-0.25, -0.2) is 0 Å². The fourth-order valence-electron chi connectivity index (χ4n) is 1.17. The van der Waals surface area contributed by atoms with Gasteiger partial charge in [-0.15, -0.1) is 0 Å². The zero-order chi connectivity index (χ0) is 10.7. The first kappa shape index (κ1) is 11.0. The summed E-state index contributed by atoms with van der Waals surface area (Å²) < 4.78 is 0. The van der Waals surface area contributed by atoms with Crippen LogP contribution in [0.1, 0.15) is 24.1 Å². The molecule has 0 spiro atoms. The van der Waals surface area contributed by atoms with E-state index in [9.17, 15) is 5.11 Å². The van der Waals surface area contributed by atoms with Crippen molar-refractivity contribution in [3.63, 3.8) is 0 Å². The van der Waals surface area contributed by atoms with Crippen LogP contribution < -0.4 is 5.73 Å². The molecule has 0 saturated heterocycles. The van der Waals surface area contributed by atoms with Gasteiger partial charge in [0.1, 0.15) is 0 Å². The number of aliphatic hydroxyl groups is 1. The second-order valence-electron chi connectivity index (χ2n) is 3.11. The van der Waals surface area contributed by atoms with Crippen molar-refractivity contribution in [1.82, 2.24) is 0 Å². The van der Waals surface area contributed by atoms with Crippen LogP contribution in [0.4, 0.5) is 0 Å². The lowest BCUT2D eigenvalue weighted by molar-refractivity contribution is 0.164. The highest BCUT2D eigenvalue weighted by atomic mass is 35.5. The minimum absolute atomic E-state index is 0.447. The number of rotatable bonds is 2. The van der Waals surface area contributed by atoms with Gasteiger partial charge in [-0.2, -0.15) is 5.26 Å². The molecule has 0 heterocycles. The Labute approximate surface area is 87.7 Å². The molecule has 0 aromatic heterocycles. The Hall–Kier alpha value is -1.08. The number of hydrogen-bond acceptors (Lipinski definition) is 3. The van der Waals surface area contributed by atoms with Crippen molar-refractivity contribution in [2.45, 2.75) is 19.1 Å². The molecule has 0 amide bonds. The fraction of sp³-hybridized carbons (Fsp3) is 0.300. The van der Waals surface area contributed by atoms with E-state index in [0.717, 1.165) is 0 Å². The molecular weight excluding hydrogens is 200 g/mol. The number of nitrogens with zero attached hydrogens (tertiary/aromatic N) is 1. The molecule has 14 heavy (non-hydrogen) atoms. The summed E-state index contributed by atoms with van der Waals surface area (Å²) >= 11 is 5.78. The van der Waals surface area contributed by atoms with E-state index in [-0.39, 0.29) is 0 Å². The zero-order valence-corrected chi connectivity index (χ0v) is 8.49. The lowest BCUT2D eigenvalue weighted by Gasteiger charge is -2.16. The van der Waals surface area contributed by atoms with Crippen molar-refractivity contribution in [1.29, 1.82) is 5.26 Å². The van der Waals surface area contributed by atoms with E-state index in [1.807, 2.05) is 6.07 Å². The SMILES string of the molecule is CC(O)C(N)c1cc(Cl)ccc1C#N. The van der Waals surface area contributed by atoms with Crippen LogP contribution in [0, 0.1) is 11.3 Å². The average molecular weight is 211 g/mol. The minimum atomic E-state index is -0.708. The summed E-state index contributed by atoms with van der Waals surface area (Å²) in [5.41, 5.74) is 6.75. The summed E-state index contributed by atoms with van der Waals surface area (Å²) in [7, 11) is 0. The van der Waals surface area contributed by atoms with Crippen LogP contribution in [0.3, 0.4) is 0 Å². The third-order valence-corrected chi connectivity index (χ3v) is 2.25. The van der Waals surface area contributed by atoms with Crippen molar-refractivity contribution in [3.05, 3.63) is 34.3 Å². The van der Waals surface area contributed by atoms with Gasteiger partial charge in [0.05, 0.1) is 23.8 Å². The summed E-state index contributed by atoms with van der Waals surface area (Å²) in [5, 5.41) is 18.6. The van der Waals surface area contributed by atoms with E-state index < -0.39 is 12.1 Å². The summed E-state index contributed by atoms with van der Waals surface area (Å²) in [5.74, 6) is 0. The molecule has 1 rings (SSSR count). The molecule has 3 nitrogen and oxygen atoms in total. The molecule has 0 aliphatic rings. The monoisotopic (exact) mass is 210 g/mol. The molecule has 0 radical (unpaired) electrons. The molecule has 0 saturated carbocycles. The molecule has 0 aliphatic carbocycles. The first-order valence-corrected chi connectivity index (χ1v) is 4.57. The van der Waals surface area contributed by atoms with Crippen LogP contribution in [-0.4, -0.2) is 11.2 Å². The van der Waals surface area contributed by atoms with Crippen molar-refractivity contribution in [2.75, 3.05) is 0 Å². The molecule has 2 unspecified atom stereocenters. The Morgan fingerprint density at radius 1 is 1.57 bits per heavy atom. The lowest BCUT2D eigenvalue weighted by atomic mass is 9.98. The lowest BCUT2D eigenvalue weighted by Crippen LogP contribution is -2.24. The Balaban J connectivity index is 3.18. The van der Waals surface area contributed by atoms with Gasteiger partial charge in [-0.3, -0.25) is 0 Å². The summed E-state index contributed by atoms with van der Waals surface area (Å²) in [6, 6.07) is 6.26. The Kier molecular flexibility index (Phi) is 3.48. The Morgan fingerprint density at radius 2 is 2.21 bits per heavy atom. The highest BCUT2D eigenvalue weighted by Gasteiger charge is 2.16. The van der Waals surface area contributed by atoms with Gasteiger partial charge < -0.3 is 10.8 Å². The van der Waals surface area contributed by atoms with Crippen molar-refractivity contribution in [2.24, 2.45) is 5.73 Å². The normalized spacial score (nSPS) is 14.5. The highest BCUT2D eigenvalue weighted by molar-refractivity contribution is 6.30. The quantitative estimate of drug-likeness (QED) is 0.779. The largest absolute Gasteiger partial charge is 0.391 e. The van der Waals surface area contributed by atoms with E-state index in [1.54, 1.807) is 25.1 Å². The molecule has 74 valence electrons. The number of halogens is 1. The number of nitriles is 1. The molecule has 2 atom stereocenters. The molecular formula is C10H11ClN2O. The van der Waals surface area contributed by atoms with E-state index >= 15 is 0 Å². The van der Waals surface area contributed by atoms with E-state index in [2.05, 4.69) is 0 Å². The smallest absolute Gasteiger partial charge is 0.0995 e. The predicted octanol–water partition coefficient (Wildman–Crippen LogP) is 1.59. The molecule has 0 fully saturated rings. The molecule has 1 aromatic carbocycles. The van der Waals surface area contributed by atoms with Crippen molar-refractivity contribution >= 4 is 11.6 Å². The fourth-order valence-corrected chi connectivity index (χ4v) is 1.35. The maximum absolute atomic E-state index is 9.31. The van der Waals surface area contributed by atoms with Gasteiger partial charge in [0.25, 0.3) is 0 Å². The summed E-state index contributed by atoms with van der Waals surface area (Å²) in [6.07, 6.45) is -0.708. The molecule has 1 aromatic rings. The van der Waals surface area contributed by atoms with Crippen LogP contribution in [0.15, 0.2) is 18.2 Å². The number of aliphatic hydroxyl groups excluding tert-OH is 1. The van der Waals surface area contributed by atoms with Gasteiger partial charge >= 0.3 is 0 Å². The maximum atomic E-state index is 9.31. The Morgan fingerprint density at radius 3 is 2.71 bits per heavy atom. The third kappa shape index (κ3) is 2.24. The van der Waals surface area contributed by atoms with E-state index in [4.69, 9.17) is 22.6 Å². The predicted molar refractivity (Wildman–Crippen MR) is 54.8 cm³/mol. The minimum Gasteiger partial charge on any atom is -0.391 e. The molecule has 0 bridgehead atoms. The summed E-state index contributed by atoms with van der Waals surface area (Å²) in [4.78, 5) is 0. The van der Waals surface area contributed by atoms with Crippen LogP contribution in [0.25, 0.3) is 0 Å². The van der Waals surface area contributed by atoms with Crippen LogP contribution in [0.2, 0.25) is 5.02 Å².